The van der Waals surface area contributed by atoms with Crippen molar-refractivity contribution in [3.8, 4) is 5.69 Å². The van der Waals surface area contributed by atoms with E-state index in [1.807, 2.05) is 0 Å². The first-order valence-corrected chi connectivity index (χ1v) is 6.11. The highest BCUT2D eigenvalue weighted by molar-refractivity contribution is 6.51. The topological polar surface area (TPSA) is 106 Å². The molecule has 1 aliphatic rings. The predicted molar refractivity (Wildman–Crippen MR) is 70.5 cm³/mol. The van der Waals surface area contributed by atoms with Crippen LogP contribution in [0.2, 0.25) is 0 Å². The van der Waals surface area contributed by atoms with E-state index < -0.39 is 35.7 Å². The van der Waals surface area contributed by atoms with Gasteiger partial charge >= 0.3 is 18.0 Å². The number of guanidine groups is 1. The van der Waals surface area contributed by atoms with Gasteiger partial charge in [0.15, 0.2) is 0 Å². The molecular formula is C12H7F3N6O2. The van der Waals surface area contributed by atoms with Crippen LogP contribution in [0.25, 0.3) is 5.69 Å². The summed E-state index contributed by atoms with van der Waals surface area (Å²) in [6.45, 7) is 0. The second-order valence-electron chi connectivity index (χ2n) is 4.40. The average Bonchev–Trinajstić information content (AvgIpc) is 3.02. The van der Waals surface area contributed by atoms with Crippen LogP contribution in [0.4, 0.5) is 19.1 Å². The van der Waals surface area contributed by atoms with Crippen molar-refractivity contribution >= 4 is 23.7 Å². The smallest absolute Gasteiger partial charge is 0.369 e. The van der Waals surface area contributed by atoms with E-state index in [1.165, 1.54) is 12.1 Å². The third-order valence-corrected chi connectivity index (χ3v) is 2.88. The zero-order valence-corrected chi connectivity index (χ0v) is 11.2. The number of benzene rings is 1. The highest BCUT2D eigenvalue weighted by atomic mass is 19.4. The first-order valence-electron chi connectivity index (χ1n) is 6.11. The lowest BCUT2D eigenvalue weighted by atomic mass is 10.3. The molecule has 0 radical (unpaired) electrons. The number of alkyl halides is 3. The number of nitrogens with zero attached hydrogens (tertiary/aromatic N) is 5. The molecule has 2 N–H and O–H groups in total. The van der Waals surface area contributed by atoms with Gasteiger partial charge in [-0.15, -0.1) is 5.10 Å². The van der Waals surface area contributed by atoms with Gasteiger partial charge in [-0.25, -0.2) is 4.90 Å². The maximum atomic E-state index is 12.9. The normalized spacial score (nSPS) is 15.3. The number of carbonyl (C=O) groups excluding carboxylic acids is 2. The van der Waals surface area contributed by atoms with Gasteiger partial charge in [-0.05, 0) is 12.1 Å². The number of halogens is 3. The second-order valence-corrected chi connectivity index (χ2v) is 4.40. The molecule has 11 heteroatoms. The van der Waals surface area contributed by atoms with Gasteiger partial charge in [0.25, 0.3) is 5.82 Å². The molecule has 2 amide bonds. The molecular weight excluding hydrogens is 317 g/mol. The van der Waals surface area contributed by atoms with Crippen molar-refractivity contribution in [3.63, 3.8) is 0 Å². The number of hydrogen-bond donors (Lipinski definition) is 1. The molecule has 118 valence electrons. The summed E-state index contributed by atoms with van der Waals surface area (Å²) in [5, 5.41) is 3.36. The van der Waals surface area contributed by atoms with Crippen molar-refractivity contribution in [2.24, 2.45) is 10.7 Å². The summed E-state index contributed by atoms with van der Waals surface area (Å²) in [4.78, 5) is 30.0. The standard InChI is InChI=1S/C12H7F3N6O2/c13-12(14,15)9-18-11(20-8(23)7(22)17-10(20)16)21(19-9)6-4-2-1-3-5-6/h1-5H,(H2,16,17,22). The fourth-order valence-electron chi connectivity index (χ4n) is 1.91. The Kier molecular flexibility index (Phi) is 3.13. The van der Waals surface area contributed by atoms with Gasteiger partial charge in [-0.2, -0.15) is 27.8 Å². The van der Waals surface area contributed by atoms with Crippen molar-refractivity contribution in [3.05, 3.63) is 36.2 Å². The minimum absolute atomic E-state index is 0.199. The zero-order chi connectivity index (χ0) is 16.8. The second kappa shape index (κ2) is 4.90. The molecule has 0 saturated heterocycles. The van der Waals surface area contributed by atoms with Crippen LogP contribution in [-0.4, -0.2) is 32.5 Å². The van der Waals surface area contributed by atoms with Crippen molar-refractivity contribution in [2.45, 2.75) is 6.18 Å². The highest BCUT2D eigenvalue weighted by Gasteiger charge is 2.42. The number of rotatable bonds is 2. The Bertz CT molecular complexity index is 827. The van der Waals surface area contributed by atoms with Crippen LogP contribution >= 0.6 is 0 Å². The average molecular weight is 324 g/mol. The van der Waals surface area contributed by atoms with E-state index in [-0.39, 0.29) is 5.69 Å². The number of carbonyl (C=O) groups is 2. The lowest BCUT2D eigenvalue weighted by molar-refractivity contribution is -0.144. The van der Waals surface area contributed by atoms with Gasteiger partial charge in [0.2, 0.25) is 11.9 Å². The third kappa shape index (κ3) is 2.41. The summed E-state index contributed by atoms with van der Waals surface area (Å²) >= 11 is 0. The van der Waals surface area contributed by atoms with E-state index in [0.29, 0.717) is 4.90 Å². The highest BCUT2D eigenvalue weighted by Crippen LogP contribution is 2.30. The largest absolute Gasteiger partial charge is 0.453 e. The fraction of sp³-hybridized carbons (Fsp3) is 0.0833. The molecule has 0 saturated carbocycles. The molecule has 0 bridgehead atoms. The van der Waals surface area contributed by atoms with Crippen molar-refractivity contribution < 1.29 is 22.8 Å². The van der Waals surface area contributed by atoms with Crippen LogP contribution in [0.5, 0.6) is 0 Å². The summed E-state index contributed by atoms with van der Waals surface area (Å²) in [7, 11) is 0. The van der Waals surface area contributed by atoms with E-state index in [2.05, 4.69) is 15.1 Å². The Labute approximate surface area is 126 Å². The van der Waals surface area contributed by atoms with Crippen molar-refractivity contribution in [2.75, 3.05) is 4.90 Å². The Hall–Kier alpha value is -3.24. The predicted octanol–water partition coefficient (Wildman–Crippen LogP) is 0.474. The van der Waals surface area contributed by atoms with Crippen LogP contribution in [0.15, 0.2) is 35.3 Å². The summed E-state index contributed by atoms with van der Waals surface area (Å²) in [5.74, 6) is -5.02. The van der Waals surface area contributed by atoms with Crippen LogP contribution < -0.4 is 10.6 Å². The molecule has 1 aromatic carbocycles. The molecule has 0 spiro atoms. The van der Waals surface area contributed by atoms with E-state index in [4.69, 9.17) is 5.73 Å². The Morgan fingerprint density at radius 2 is 1.74 bits per heavy atom. The Balaban J connectivity index is 2.20. The Morgan fingerprint density at radius 1 is 1.09 bits per heavy atom. The molecule has 2 aromatic rings. The fourth-order valence-corrected chi connectivity index (χ4v) is 1.91. The zero-order valence-electron chi connectivity index (χ0n) is 11.2. The molecule has 0 atom stereocenters. The van der Waals surface area contributed by atoms with E-state index in [9.17, 15) is 22.8 Å². The number of aromatic nitrogens is 3. The number of aliphatic imine (C=N–C) groups is 1. The van der Waals surface area contributed by atoms with Crippen LogP contribution in [0.3, 0.4) is 0 Å². The summed E-state index contributed by atoms with van der Waals surface area (Å²) < 4.78 is 39.4. The van der Waals surface area contributed by atoms with Crippen LogP contribution in [0, 0.1) is 0 Å². The van der Waals surface area contributed by atoms with Gasteiger partial charge in [0.05, 0.1) is 5.69 Å². The van der Waals surface area contributed by atoms with E-state index in [0.717, 1.165) is 4.68 Å². The number of nitrogens with two attached hydrogens (primary N) is 1. The molecule has 0 aliphatic carbocycles. The summed E-state index contributed by atoms with van der Waals surface area (Å²) in [5.41, 5.74) is 5.63. The molecule has 23 heavy (non-hydrogen) atoms. The summed E-state index contributed by atoms with van der Waals surface area (Å²) in [6, 6.07) is 7.66. The number of para-hydroxylation sites is 1. The molecule has 3 rings (SSSR count). The Morgan fingerprint density at radius 3 is 2.26 bits per heavy atom. The minimum Gasteiger partial charge on any atom is -0.369 e. The van der Waals surface area contributed by atoms with Gasteiger partial charge in [-0.1, -0.05) is 18.2 Å². The van der Waals surface area contributed by atoms with Crippen molar-refractivity contribution in [1.82, 2.24) is 14.8 Å². The first kappa shape index (κ1) is 14.7. The van der Waals surface area contributed by atoms with E-state index in [1.54, 1.807) is 18.2 Å². The minimum atomic E-state index is -4.84. The number of anilines is 1. The molecule has 0 fully saturated rings. The molecule has 2 heterocycles. The molecule has 0 unspecified atom stereocenters. The van der Waals surface area contributed by atoms with Gasteiger partial charge in [0, 0.05) is 0 Å². The summed E-state index contributed by atoms with van der Waals surface area (Å²) in [6.07, 6.45) is -4.84. The third-order valence-electron chi connectivity index (χ3n) is 2.88. The van der Waals surface area contributed by atoms with Gasteiger partial charge in [-0.3, -0.25) is 9.59 Å². The van der Waals surface area contributed by atoms with Gasteiger partial charge in [0.1, 0.15) is 0 Å². The van der Waals surface area contributed by atoms with Crippen molar-refractivity contribution in [1.29, 1.82) is 0 Å². The molecule has 1 aromatic heterocycles. The molecule has 1 aliphatic heterocycles. The first-order chi connectivity index (χ1) is 10.8. The van der Waals surface area contributed by atoms with E-state index >= 15 is 0 Å². The number of hydrogen-bond acceptors (Lipinski definition) is 5. The van der Waals surface area contributed by atoms with Crippen LogP contribution in [0.1, 0.15) is 5.82 Å². The number of amides is 2. The van der Waals surface area contributed by atoms with Crippen LogP contribution in [-0.2, 0) is 15.8 Å². The molecule has 8 nitrogen and oxygen atoms in total. The monoisotopic (exact) mass is 324 g/mol. The SMILES string of the molecule is NC1=NC(=O)C(=O)N1c1nc(C(F)(F)F)nn1-c1ccccc1. The maximum absolute atomic E-state index is 12.9. The van der Waals surface area contributed by atoms with Gasteiger partial charge < -0.3 is 5.73 Å². The maximum Gasteiger partial charge on any atom is 0.453 e. The lowest BCUT2D eigenvalue weighted by Gasteiger charge is -2.14. The lowest BCUT2D eigenvalue weighted by Crippen LogP contribution is -2.40. The quantitative estimate of drug-likeness (QED) is 0.808.